The van der Waals surface area contributed by atoms with Gasteiger partial charge in [-0.2, -0.15) is 18.3 Å². The van der Waals surface area contributed by atoms with Gasteiger partial charge >= 0.3 is 13.3 Å². The van der Waals surface area contributed by atoms with Crippen molar-refractivity contribution in [3.8, 4) is 11.1 Å². The molecule has 33 heavy (non-hydrogen) atoms. The number of nitrogens with zero attached hydrogens (tertiary/aromatic N) is 2. The van der Waals surface area contributed by atoms with Crippen LogP contribution in [0.4, 0.5) is 17.6 Å². The van der Waals surface area contributed by atoms with Crippen molar-refractivity contribution in [2.24, 2.45) is 0 Å². The number of benzene rings is 1. The Hall–Kier alpha value is -1.69. The summed E-state index contributed by atoms with van der Waals surface area (Å²) in [7, 11) is -2.15. The molecule has 1 aromatic heterocycles. The van der Waals surface area contributed by atoms with Crippen LogP contribution in [-0.2, 0) is 27.0 Å². The number of rotatable bonds is 7. The van der Waals surface area contributed by atoms with Gasteiger partial charge in [-0.05, 0) is 45.3 Å². The van der Waals surface area contributed by atoms with Gasteiger partial charge in [0.1, 0.15) is 12.5 Å². The second-order valence-corrected chi connectivity index (χ2v) is 16.2. The minimum Gasteiger partial charge on any atom is -0.399 e. The van der Waals surface area contributed by atoms with E-state index in [0.717, 1.165) is 16.8 Å². The average molecular weight is 486 g/mol. The molecule has 3 rings (SSSR count). The molecule has 2 heterocycles. The molecule has 2 aromatic rings. The van der Waals surface area contributed by atoms with E-state index < -0.39 is 44.1 Å². The van der Waals surface area contributed by atoms with E-state index in [4.69, 9.17) is 14.0 Å². The SMILES string of the molecule is CC1(C)OB(c2ccc(-c3cn(COCC[Si](C)(C)C)nc3C(F)(F)F)c(F)c2)OC1(C)C. The van der Waals surface area contributed by atoms with Crippen LogP contribution < -0.4 is 5.46 Å². The molecule has 1 aliphatic rings. The highest BCUT2D eigenvalue weighted by Gasteiger charge is 2.51. The largest absolute Gasteiger partial charge is 0.494 e. The summed E-state index contributed by atoms with van der Waals surface area (Å²) in [6.45, 7) is 14.3. The fourth-order valence-corrected chi connectivity index (χ4v) is 4.06. The van der Waals surface area contributed by atoms with Gasteiger partial charge in [0.05, 0.1) is 11.2 Å². The third-order valence-corrected chi connectivity index (χ3v) is 7.76. The Balaban J connectivity index is 1.85. The van der Waals surface area contributed by atoms with Crippen LogP contribution in [0.3, 0.4) is 0 Å². The lowest BCUT2D eigenvalue weighted by molar-refractivity contribution is -0.141. The third-order valence-electron chi connectivity index (χ3n) is 6.06. The molecule has 11 heteroatoms. The minimum absolute atomic E-state index is 0.138. The van der Waals surface area contributed by atoms with E-state index in [-0.39, 0.29) is 17.9 Å². The molecule has 1 saturated heterocycles. The predicted octanol–water partition coefficient (Wildman–Crippen LogP) is 5.32. The van der Waals surface area contributed by atoms with Gasteiger partial charge in [0.25, 0.3) is 0 Å². The van der Waals surface area contributed by atoms with Crippen molar-refractivity contribution in [3.63, 3.8) is 0 Å². The Kier molecular flexibility index (Phi) is 6.94. The molecule has 5 nitrogen and oxygen atoms in total. The number of alkyl halides is 3. The number of aromatic nitrogens is 2. The van der Waals surface area contributed by atoms with Gasteiger partial charge in [-0.3, -0.25) is 0 Å². The van der Waals surface area contributed by atoms with Crippen molar-refractivity contribution in [3.05, 3.63) is 35.9 Å². The zero-order chi connectivity index (χ0) is 24.8. The lowest BCUT2D eigenvalue weighted by Gasteiger charge is -2.32. The Morgan fingerprint density at radius 2 is 1.67 bits per heavy atom. The standard InChI is InChI=1S/C22H31BF4N2O3Si/c1-20(2)21(3,4)32-23(31-20)15-8-9-16(18(24)12-15)17-13-29(28-19(17)22(25,26)27)14-30-10-11-33(5,6)7/h8-9,12-13H,10-11,14H2,1-7H3. The molecule has 182 valence electrons. The first kappa shape index (κ1) is 25.9. The summed E-state index contributed by atoms with van der Waals surface area (Å²) < 4.78 is 74.4. The van der Waals surface area contributed by atoms with Crippen molar-refractivity contribution >= 4 is 20.7 Å². The molecule has 0 N–H and O–H groups in total. The Morgan fingerprint density at radius 3 is 2.18 bits per heavy atom. The molecule has 0 amide bonds. The quantitative estimate of drug-likeness (QED) is 0.302. The van der Waals surface area contributed by atoms with Gasteiger partial charge in [-0.25, -0.2) is 9.07 Å². The maximum absolute atomic E-state index is 15.0. The highest BCUT2D eigenvalue weighted by atomic mass is 28.3. The molecule has 0 saturated carbocycles. The Bertz CT molecular complexity index is 987. The van der Waals surface area contributed by atoms with Gasteiger partial charge in [0, 0.05) is 32.0 Å². The molecule has 0 radical (unpaired) electrons. The minimum atomic E-state index is -4.74. The van der Waals surface area contributed by atoms with E-state index in [0.29, 0.717) is 12.1 Å². The predicted molar refractivity (Wildman–Crippen MR) is 122 cm³/mol. The highest BCUT2D eigenvalue weighted by molar-refractivity contribution is 6.76. The molecule has 0 unspecified atom stereocenters. The van der Waals surface area contributed by atoms with Crippen molar-refractivity contribution in [2.45, 2.75) is 77.5 Å². The van der Waals surface area contributed by atoms with Crippen LogP contribution in [0.25, 0.3) is 11.1 Å². The molecule has 1 fully saturated rings. The Morgan fingerprint density at radius 1 is 1.06 bits per heavy atom. The maximum atomic E-state index is 15.0. The zero-order valence-electron chi connectivity index (χ0n) is 20.1. The van der Waals surface area contributed by atoms with Crippen molar-refractivity contribution in [1.82, 2.24) is 9.78 Å². The van der Waals surface area contributed by atoms with Crippen LogP contribution in [0.1, 0.15) is 33.4 Å². The van der Waals surface area contributed by atoms with E-state index in [1.54, 1.807) is 0 Å². The van der Waals surface area contributed by atoms with Crippen LogP contribution in [0.2, 0.25) is 25.7 Å². The van der Waals surface area contributed by atoms with Gasteiger partial charge in [0.2, 0.25) is 0 Å². The first-order valence-corrected chi connectivity index (χ1v) is 14.6. The lowest BCUT2D eigenvalue weighted by Crippen LogP contribution is -2.41. The summed E-state index contributed by atoms with van der Waals surface area (Å²) in [6.07, 6.45) is -3.57. The van der Waals surface area contributed by atoms with Gasteiger partial charge < -0.3 is 14.0 Å². The average Bonchev–Trinajstić information content (AvgIpc) is 3.16. The van der Waals surface area contributed by atoms with Crippen molar-refractivity contribution in [1.29, 1.82) is 0 Å². The van der Waals surface area contributed by atoms with Crippen molar-refractivity contribution < 1.29 is 31.6 Å². The first-order valence-electron chi connectivity index (χ1n) is 10.9. The summed E-state index contributed by atoms with van der Waals surface area (Å²) >= 11 is 0. The molecule has 0 spiro atoms. The van der Waals surface area contributed by atoms with E-state index in [2.05, 4.69) is 24.7 Å². The molecule has 0 atom stereocenters. The molecule has 0 bridgehead atoms. The first-order chi connectivity index (χ1) is 15.0. The zero-order valence-corrected chi connectivity index (χ0v) is 21.1. The topological polar surface area (TPSA) is 45.5 Å². The normalized spacial score (nSPS) is 18.2. The highest BCUT2D eigenvalue weighted by Crippen LogP contribution is 2.38. The molecular formula is C22H31BF4N2O3Si. The van der Waals surface area contributed by atoms with E-state index in [9.17, 15) is 13.2 Å². The summed E-state index contributed by atoms with van der Waals surface area (Å²) in [5.74, 6) is -0.813. The van der Waals surface area contributed by atoms with E-state index in [1.807, 2.05) is 27.7 Å². The molecule has 0 aliphatic carbocycles. The summed E-state index contributed by atoms with van der Waals surface area (Å²) in [5, 5.41) is 3.63. The van der Waals surface area contributed by atoms with Crippen LogP contribution in [0, 0.1) is 5.82 Å². The van der Waals surface area contributed by atoms with Crippen LogP contribution in [-0.4, -0.2) is 42.8 Å². The molecular weight excluding hydrogens is 455 g/mol. The second-order valence-electron chi connectivity index (χ2n) is 10.6. The second kappa shape index (κ2) is 8.83. The van der Waals surface area contributed by atoms with Crippen LogP contribution in [0.5, 0.6) is 0 Å². The number of ether oxygens (including phenoxy) is 1. The van der Waals surface area contributed by atoms with Gasteiger partial charge in [-0.1, -0.05) is 31.8 Å². The fourth-order valence-electron chi connectivity index (χ4n) is 3.31. The number of halogens is 4. The summed E-state index contributed by atoms with van der Waals surface area (Å²) in [6, 6.07) is 4.85. The Labute approximate surface area is 193 Å². The van der Waals surface area contributed by atoms with Gasteiger partial charge in [0.15, 0.2) is 5.69 Å². The molecule has 1 aliphatic heterocycles. The number of hydrogen-bond acceptors (Lipinski definition) is 4. The van der Waals surface area contributed by atoms with Gasteiger partial charge in [-0.15, -0.1) is 0 Å². The number of hydrogen-bond donors (Lipinski definition) is 0. The van der Waals surface area contributed by atoms with E-state index >= 15 is 4.39 Å². The monoisotopic (exact) mass is 486 g/mol. The van der Waals surface area contributed by atoms with Crippen LogP contribution in [0.15, 0.2) is 24.4 Å². The molecule has 1 aromatic carbocycles. The van der Waals surface area contributed by atoms with Crippen LogP contribution >= 0.6 is 0 Å². The third kappa shape index (κ3) is 5.87. The van der Waals surface area contributed by atoms with Crippen molar-refractivity contribution in [2.75, 3.05) is 6.61 Å². The fraction of sp³-hybridized carbons (Fsp3) is 0.591. The van der Waals surface area contributed by atoms with E-state index in [1.165, 1.54) is 18.3 Å². The smallest absolute Gasteiger partial charge is 0.399 e. The lowest BCUT2D eigenvalue weighted by atomic mass is 9.78. The summed E-state index contributed by atoms with van der Waals surface area (Å²) in [5.41, 5.74) is -2.53. The maximum Gasteiger partial charge on any atom is 0.494 e. The summed E-state index contributed by atoms with van der Waals surface area (Å²) in [4.78, 5) is 0.